The molecular formula is C15H20ClN3O. The summed E-state index contributed by atoms with van der Waals surface area (Å²) in [4.78, 5) is 12.1. The lowest BCUT2D eigenvalue weighted by Gasteiger charge is -2.15. The van der Waals surface area contributed by atoms with E-state index in [2.05, 4.69) is 16.0 Å². The summed E-state index contributed by atoms with van der Waals surface area (Å²) >= 11 is 6.03. The van der Waals surface area contributed by atoms with Crippen LogP contribution in [0.5, 0.6) is 0 Å². The first-order valence-electron chi connectivity index (χ1n) is 7.30. The molecule has 4 nitrogen and oxygen atoms in total. The van der Waals surface area contributed by atoms with Crippen LogP contribution in [0.3, 0.4) is 0 Å². The van der Waals surface area contributed by atoms with Crippen LogP contribution in [0.15, 0.2) is 18.2 Å². The minimum Gasteiger partial charge on any atom is -0.381 e. The van der Waals surface area contributed by atoms with Crippen LogP contribution >= 0.6 is 11.6 Å². The number of anilines is 2. The zero-order valence-electron chi connectivity index (χ0n) is 11.4. The van der Waals surface area contributed by atoms with Gasteiger partial charge in [0.05, 0.1) is 11.4 Å². The molecule has 2 fully saturated rings. The number of amides is 1. The van der Waals surface area contributed by atoms with Crippen molar-refractivity contribution in [3.8, 4) is 0 Å². The van der Waals surface area contributed by atoms with E-state index in [9.17, 15) is 4.79 Å². The summed E-state index contributed by atoms with van der Waals surface area (Å²) in [6, 6.07) is 6.45. The quantitative estimate of drug-likeness (QED) is 0.782. The number of carbonyl (C=O) groups excluding carboxylic acids is 1. The maximum atomic E-state index is 12.1. The van der Waals surface area contributed by atoms with E-state index in [1.165, 1.54) is 12.8 Å². The molecule has 5 heteroatoms. The Hall–Kier alpha value is -1.26. The Morgan fingerprint density at radius 3 is 2.85 bits per heavy atom. The summed E-state index contributed by atoms with van der Waals surface area (Å²) in [5, 5.41) is 10.4. The summed E-state index contributed by atoms with van der Waals surface area (Å²) in [6.45, 7) is 1.02. The molecule has 0 aromatic heterocycles. The average molecular weight is 294 g/mol. The highest BCUT2D eigenvalue weighted by Crippen LogP contribution is 2.31. The molecule has 1 saturated carbocycles. The van der Waals surface area contributed by atoms with Crippen LogP contribution in [0.25, 0.3) is 0 Å². The third kappa shape index (κ3) is 3.64. The molecule has 1 saturated heterocycles. The standard InChI is InChI=1S/C15H20ClN3O/c16-10-3-6-13(18-11-4-5-11)14(8-10)19-15(20)9-12-2-1-7-17-12/h3,6,8,11-12,17-18H,1-2,4-5,7,9H2,(H,19,20). The van der Waals surface area contributed by atoms with Crippen LogP contribution in [0.4, 0.5) is 11.4 Å². The molecule has 1 aliphatic carbocycles. The van der Waals surface area contributed by atoms with Gasteiger partial charge in [0.15, 0.2) is 0 Å². The summed E-state index contributed by atoms with van der Waals surface area (Å²) in [5.41, 5.74) is 1.75. The van der Waals surface area contributed by atoms with Gasteiger partial charge in [0.25, 0.3) is 0 Å². The third-order valence-corrected chi connectivity index (χ3v) is 4.02. The summed E-state index contributed by atoms with van der Waals surface area (Å²) in [5.74, 6) is 0.0468. The van der Waals surface area contributed by atoms with Crippen LogP contribution in [0.1, 0.15) is 32.1 Å². The maximum absolute atomic E-state index is 12.1. The Morgan fingerprint density at radius 2 is 2.15 bits per heavy atom. The minimum absolute atomic E-state index is 0.0468. The van der Waals surface area contributed by atoms with Crippen LogP contribution in [0, 0.1) is 0 Å². The molecule has 0 bridgehead atoms. The lowest BCUT2D eigenvalue weighted by atomic mass is 10.1. The summed E-state index contributed by atoms with van der Waals surface area (Å²) < 4.78 is 0. The van der Waals surface area contributed by atoms with Gasteiger partial charge in [-0.05, 0) is 50.4 Å². The first-order valence-corrected chi connectivity index (χ1v) is 7.68. The number of benzene rings is 1. The van der Waals surface area contributed by atoms with E-state index in [1.54, 1.807) is 0 Å². The molecule has 1 heterocycles. The maximum Gasteiger partial charge on any atom is 0.225 e. The van der Waals surface area contributed by atoms with Crippen molar-refractivity contribution in [2.45, 2.75) is 44.2 Å². The van der Waals surface area contributed by atoms with Gasteiger partial charge in [-0.25, -0.2) is 0 Å². The molecule has 3 rings (SSSR count). The zero-order valence-corrected chi connectivity index (χ0v) is 12.2. The van der Waals surface area contributed by atoms with Gasteiger partial charge in [0.1, 0.15) is 0 Å². The number of halogens is 1. The van der Waals surface area contributed by atoms with E-state index < -0.39 is 0 Å². The van der Waals surface area contributed by atoms with Gasteiger partial charge in [-0.2, -0.15) is 0 Å². The van der Waals surface area contributed by atoms with E-state index in [-0.39, 0.29) is 5.91 Å². The Kier molecular flexibility index (Phi) is 4.13. The SMILES string of the molecule is O=C(CC1CCCN1)Nc1cc(Cl)ccc1NC1CC1. The first kappa shape index (κ1) is 13.7. The molecule has 20 heavy (non-hydrogen) atoms. The lowest BCUT2D eigenvalue weighted by Crippen LogP contribution is -2.27. The van der Waals surface area contributed by atoms with Crippen molar-refractivity contribution in [3.05, 3.63) is 23.2 Å². The fourth-order valence-corrected chi connectivity index (χ4v) is 2.72. The fourth-order valence-electron chi connectivity index (χ4n) is 2.55. The molecule has 2 aliphatic rings. The molecule has 0 radical (unpaired) electrons. The van der Waals surface area contributed by atoms with E-state index in [1.807, 2.05) is 18.2 Å². The summed E-state index contributed by atoms with van der Waals surface area (Å²) in [7, 11) is 0. The number of nitrogens with one attached hydrogen (secondary N) is 3. The highest BCUT2D eigenvalue weighted by atomic mass is 35.5. The second kappa shape index (κ2) is 6.02. The third-order valence-electron chi connectivity index (χ3n) is 3.79. The molecule has 1 amide bonds. The largest absolute Gasteiger partial charge is 0.381 e. The van der Waals surface area contributed by atoms with E-state index in [4.69, 9.17) is 11.6 Å². The highest BCUT2D eigenvalue weighted by molar-refractivity contribution is 6.31. The normalized spacial score (nSPS) is 21.8. The van der Waals surface area contributed by atoms with Crippen LogP contribution in [-0.4, -0.2) is 24.5 Å². The van der Waals surface area contributed by atoms with E-state index in [0.29, 0.717) is 23.5 Å². The van der Waals surface area contributed by atoms with Gasteiger partial charge in [-0.15, -0.1) is 0 Å². The summed E-state index contributed by atoms with van der Waals surface area (Å²) in [6.07, 6.45) is 5.15. The number of rotatable bonds is 5. The molecule has 1 atom stereocenters. The molecule has 1 aromatic carbocycles. The Morgan fingerprint density at radius 1 is 1.30 bits per heavy atom. The molecule has 1 aliphatic heterocycles. The van der Waals surface area contributed by atoms with Gasteiger partial charge in [-0.1, -0.05) is 11.6 Å². The smallest absolute Gasteiger partial charge is 0.225 e. The molecule has 0 spiro atoms. The van der Waals surface area contributed by atoms with Crippen molar-refractivity contribution in [3.63, 3.8) is 0 Å². The molecule has 1 unspecified atom stereocenters. The topological polar surface area (TPSA) is 53.2 Å². The number of hydrogen-bond acceptors (Lipinski definition) is 3. The second-order valence-corrected chi connectivity index (χ2v) is 6.09. The van der Waals surface area contributed by atoms with Crippen LogP contribution < -0.4 is 16.0 Å². The zero-order chi connectivity index (χ0) is 13.9. The monoisotopic (exact) mass is 293 g/mol. The van der Waals surface area contributed by atoms with Crippen molar-refractivity contribution in [2.75, 3.05) is 17.2 Å². The number of hydrogen-bond donors (Lipinski definition) is 3. The second-order valence-electron chi connectivity index (χ2n) is 5.65. The van der Waals surface area contributed by atoms with Crippen LogP contribution in [-0.2, 0) is 4.79 Å². The van der Waals surface area contributed by atoms with Gasteiger partial charge in [-0.3, -0.25) is 4.79 Å². The van der Waals surface area contributed by atoms with Gasteiger partial charge < -0.3 is 16.0 Å². The molecular weight excluding hydrogens is 274 g/mol. The van der Waals surface area contributed by atoms with E-state index >= 15 is 0 Å². The molecule has 1 aromatic rings. The molecule has 3 N–H and O–H groups in total. The van der Waals surface area contributed by atoms with Crippen molar-refractivity contribution in [2.24, 2.45) is 0 Å². The Balaban J connectivity index is 1.64. The van der Waals surface area contributed by atoms with Crippen molar-refractivity contribution >= 4 is 28.9 Å². The Labute approximate surface area is 124 Å². The highest BCUT2D eigenvalue weighted by Gasteiger charge is 2.23. The van der Waals surface area contributed by atoms with Crippen molar-refractivity contribution in [1.82, 2.24) is 5.32 Å². The fraction of sp³-hybridized carbons (Fsp3) is 0.533. The van der Waals surface area contributed by atoms with Crippen molar-refractivity contribution in [1.29, 1.82) is 0 Å². The van der Waals surface area contributed by atoms with Gasteiger partial charge in [0.2, 0.25) is 5.91 Å². The van der Waals surface area contributed by atoms with Gasteiger partial charge >= 0.3 is 0 Å². The number of carbonyl (C=O) groups is 1. The van der Waals surface area contributed by atoms with E-state index in [0.717, 1.165) is 30.8 Å². The average Bonchev–Trinajstić information content (AvgIpc) is 3.08. The first-order chi connectivity index (χ1) is 9.70. The van der Waals surface area contributed by atoms with Gasteiger partial charge in [0, 0.05) is 23.5 Å². The predicted octanol–water partition coefficient (Wildman–Crippen LogP) is 2.99. The molecule has 108 valence electrons. The predicted molar refractivity (Wildman–Crippen MR) is 82.4 cm³/mol. The van der Waals surface area contributed by atoms with Crippen LogP contribution in [0.2, 0.25) is 5.02 Å². The Bertz CT molecular complexity index is 496. The minimum atomic E-state index is 0.0468. The lowest BCUT2D eigenvalue weighted by molar-refractivity contribution is -0.116. The van der Waals surface area contributed by atoms with Crippen molar-refractivity contribution < 1.29 is 4.79 Å².